The molecule has 1 saturated heterocycles. The third-order valence-electron chi connectivity index (χ3n) is 4.73. The van der Waals surface area contributed by atoms with Crippen LogP contribution in [0, 0.1) is 0 Å². The maximum atomic E-state index is 12.9. The van der Waals surface area contributed by atoms with E-state index in [0.717, 1.165) is 36.2 Å². The van der Waals surface area contributed by atoms with Gasteiger partial charge >= 0.3 is 0 Å². The van der Waals surface area contributed by atoms with E-state index in [2.05, 4.69) is 9.97 Å². The first-order chi connectivity index (χ1) is 12.6. The molecule has 134 valence electrons. The summed E-state index contributed by atoms with van der Waals surface area (Å²) in [6.07, 6.45) is 1.29. The minimum absolute atomic E-state index is 0.0251. The standard InChI is InChI=1S/C20H20ClN3O2/c1-13(26-15-10-8-14(21)9-11-15)20(25)24-12-4-7-18(24)19-22-16-5-2-3-6-17(16)23-19/h2-3,5-6,8-11,13,18H,4,7,12H2,1H3,(H,22,23)/t13-,18-/m1/s1. The van der Waals surface area contributed by atoms with Gasteiger partial charge in [0.2, 0.25) is 0 Å². The van der Waals surface area contributed by atoms with E-state index in [1.807, 2.05) is 29.2 Å². The number of nitrogens with zero attached hydrogens (tertiary/aromatic N) is 2. The highest BCUT2D eigenvalue weighted by Crippen LogP contribution is 2.32. The number of fused-ring (bicyclic) bond motifs is 1. The molecule has 4 rings (SSSR count). The lowest BCUT2D eigenvalue weighted by Crippen LogP contribution is -2.40. The highest BCUT2D eigenvalue weighted by atomic mass is 35.5. The van der Waals surface area contributed by atoms with Crippen LogP contribution < -0.4 is 4.74 Å². The van der Waals surface area contributed by atoms with Crippen LogP contribution in [-0.4, -0.2) is 33.4 Å². The molecule has 2 heterocycles. The van der Waals surface area contributed by atoms with E-state index in [1.54, 1.807) is 31.2 Å². The summed E-state index contributed by atoms with van der Waals surface area (Å²) in [6, 6.07) is 14.9. The number of rotatable bonds is 4. The molecule has 1 aromatic heterocycles. The smallest absolute Gasteiger partial charge is 0.263 e. The normalized spacial score (nSPS) is 18.2. The minimum Gasteiger partial charge on any atom is -0.481 e. The van der Waals surface area contributed by atoms with Crippen molar-refractivity contribution in [1.82, 2.24) is 14.9 Å². The molecular formula is C20H20ClN3O2. The number of ether oxygens (including phenoxy) is 1. The maximum absolute atomic E-state index is 12.9. The molecule has 0 aliphatic carbocycles. The molecule has 2 aromatic carbocycles. The first-order valence-electron chi connectivity index (χ1n) is 8.79. The maximum Gasteiger partial charge on any atom is 0.263 e. The van der Waals surface area contributed by atoms with Crippen LogP contribution in [0.4, 0.5) is 0 Å². The fraction of sp³-hybridized carbons (Fsp3) is 0.300. The minimum atomic E-state index is -0.568. The number of aromatic nitrogens is 2. The average molecular weight is 370 g/mol. The lowest BCUT2D eigenvalue weighted by molar-refractivity contribution is -0.139. The number of carbonyl (C=O) groups is 1. The molecule has 26 heavy (non-hydrogen) atoms. The van der Waals surface area contributed by atoms with E-state index >= 15 is 0 Å². The molecule has 0 bridgehead atoms. The molecule has 1 N–H and O–H groups in total. The number of aromatic amines is 1. The molecule has 1 aliphatic rings. The van der Waals surface area contributed by atoms with Crippen LogP contribution in [0.15, 0.2) is 48.5 Å². The molecule has 3 aromatic rings. The zero-order valence-electron chi connectivity index (χ0n) is 14.5. The zero-order chi connectivity index (χ0) is 18.1. The number of likely N-dealkylation sites (tertiary alicyclic amines) is 1. The van der Waals surface area contributed by atoms with Crippen molar-refractivity contribution in [3.63, 3.8) is 0 Å². The third-order valence-corrected chi connectivity index (χ3v) is 4.99. The van der Waals surface area contributed by atoms with Gasteiger partial charge in [0.1, 0.15) is 11.6 Å². The second-order valence-corrected chi connectivity index (χ2v) is 6.98. The third kappa shape index (κ3) is 3.27. The Balaban J connectivity index is 1.51. The van der Waals surface area contributed by atoms with Crippen molar-refractivity contribution in [2.24, 2.45) is 0 Å². The van der Waals surface area contributed by atoms with E-state index in [4.69, 9.17) is 16.3 Å². The van der Waals surface area contributed by atoms with Gasteiger partial charge < -0.3 is 14.6 Å². The second kappa shape index (κ2) is 7.00. The number of halogens is 1. The Kier molecular flexibility index (Phi) is 4.55. The van der Waals surface area contributed by atoms with Crippen molar-refractivity contribution >= 4 is 28.5 Å². The highest BCUT2D eigenvalue weighted by Gasteiger charge is 2.35. The SMILES string of the molecule is C[C@@H](Oc1ccc(Cl)cc1)C(=O)N1CCC[C@@H]1c1nc2ccccc2[nH]1. The molecule has 0 spiro atoms. The van der Waals surface area contributed by atoms with Crippen LogP contribution >= 0.6 is 11.6 Å². The van der Waals surface area contributed by atoms with Crippen molar-refractivity contribution in [2.45, 2.75) is 31.9 Å². The summed E-state index contributed by atoms with van der Waals surface area (Å²) < 4.78 is 5.81. The summed E-state index contributed by atoms with van der Waals surface area (Å²) in [5.74, 6) is 1.45. The van der Waals surface area contributed by atoms with Crippen LogP contribution in [-0.2, 0) is 4.79 Å². The first-order valence-corrected chi connectivity index (χ1v) is 9.17. The monoisotopic (exact) mass is 369 g/mol. The van der Waals surface area contributed by atoms with E-state index in [0.29, 0.717) is 10.8 Å². The van der Waals surface area contributed by atoms with Gasteiger partial charge in [0.15, 0.2) is 6.10 Å². The molecule has 0 saturated carbocycles. The Hall–Kier alpha value is -2.53. The van der Waals surface area contributed by atoms with E-state index in [-0.39, 0.29) is 11.9 Å². The van der Waals surface area contributed by atoms with Gasteiger partial charge in [-0.2, -0.15) is 0 Å². The van der Waals surface area contributed by atoms with Gasteiger partial charge in [-0.1, -0.05) is 23.7 Å². The Bertz CT molecular complexity index is 889. The first kappa shape index (κ1) is 16.9. The van der Waals surface area contributed by atoms with E-state index in [9.17, 15) is 4.79 Å². The van der Waals surface area contributed by atoms with Gasteiger partial charge in [-0.15, -0.1) is 0 Å². The number of amides is 1. The van der Waals surface area contributed by atoms with Gasteiger partial charge in [0.05, 0.1) is 17.1 Å². The Morgan fingerprint density at radius 3 is 2.81 bits per heavy atom. The zero-order valence-corrected chi connectivity index (χ0v) is 15.2. The number of benzene rings is 2. The van der Waals surface area contributed by atoms with Crippen molar-refractivity contribution < 1.29 is 9.53 Å². The second-order valence-electron chi connectivity index (χ2n) is 6.54. The Morgan fingerprint density at radius 2 is 2.04 bits per heavy atom. The van der Waals surface area contributed by atoms with Gasteiger partial charge in [-0.05, 0) is 56.2 Å². The van der Waals surface area contributed by atoms with Crippen LogP contribution in [0.25, 0.3) is 11.0 Å². The quantitative estimate of drug-likeness (QED) is 0.743. The van der Waals surface area contributed by atoms with Crippen LogP contribution in [0.3, 0.4) is 0 Å². The summed E-state index contributed by atoms with van der Waals surface area (Å²) in [6.45, 7) is 2.50. The molecule has 1 aliphatic heterocycles. The van der Waals surface area contributed by atoms with Crippen LogP contribution in [0.2, 0.25) is 5.02 Å². The molecule has 1 fully saturated rings. The molecule has 2 atom stereocenters. The summed E-state index contributed by atoms with van der Waals surface area (Å²) in [7, 11) is 0. The van der Waals surface area contributed by atoms with Crippen molar-refractivity contribution in [3.05, 3.63) is 59.4 Å². The molecule has 0 radical (unpaired) electrons. The number of imidazole rings is 1. The van der Waals surface area contributed by atoms with Gasteiger partial charge in [0.25, 0.3) is 5.91 Å². The average Bonchev–Trinajstić information content (AvgIpc) is 3.29. The predicted molar refractivity (Wildman–Crippen MR) is 101 cm³/mol. The molecule has 5 nitrogen and oxygen atoms in total. The molecule has 6 heteroatoms. The number of hydrogen-bond acceptors (Lipinski definition) is 3. The fourth-order valence-electron chi connectivity index (χ4n) is 3.45. The molecular weight excluding hydrogens is 350 g/mol. The summed E-state index contributed by atoms with van der Waals surface area (Å²) in [5, 5.41) is 0.640. The van der Waals surface area contributed by atoms with Gasteiger partial charge in [0, 0.05) is 11.6 Å². The van der Waals surface area contributed by atoms with Crippen LogP contribution in [0.5, 0.6) is 5.75 Å². The molecule has 1 amide bonds. The highest BCUT2D eigenvalue weighted by molar-refractivity contribution is 6.30. The van der Waals surface area contributed by atoms with E-state index in [1.165, 1.54) is 0 Å². The summed E-state index contributed by atoms with van der Waals surface area (Å²) in [5.41, 5.74) is 1.92. The predicted octanol–water partition coefficient (Wildman–Crippen LogP) is 4.35. The fourth-order valence-corrected chi connectivity index (χ4v) is 3.57. The lowest BCUT2D eigenvalue weighted by Gasteiger charge is -2.26. The van der Waals surface area contributed by atoms with Crippen molar-refractivity contribution in [1.29, 1.82) is 0 Å². The van der Waals surface area contributed by atoms with Crippen LogP contribution in [0.1, 0.15) is 31.6 Å². The van der Waals surface area contributed by atoms with E-state index < -0.39 is 6.10 Å². The lowest BCUT2D eigenvalue weighted by atomic mass is 10.2. The number of nitrogens with one attached hydrogen (secondary N) is 1. The summed E-state index contributed by atoms with van der Waals surface area (Å²) >= 11 is 5.89. The number of hydrogen-bond donors (Lipinski definition) is 1. The van der Waals surface area contributed by atoms with Crippen molar-refractivity contribution in [3.8, 4) is 5.75 Å². The number of para-hydroxylation sites is 2. The number of H-pyrrole nitrogens is 1. The summed E-state index contributed by atoms with van der Waals surface area (Å²) in [4.78, 5) is 22.9. The number of carbonyl (C=O) groups excluding carboxylic acids is 1. The largest absolute Gasteiger partial charge is 0.481 e. The molecule has 0 unspecified atom stereocenters. The topological polar surface area (TPSA) is 58.2 Å². The Morgan fingerprint density at radius 1 is 1.27 bits per heavy atom. The Labute approximate surface area is 156 Å². The van der Waals surface area contributed by atoms with Gasteiger partial charge in [-0.3, -0.25) is 4.79 Å². The van der Waals surface area contributed by atoms with Crippen molar-refractivity contribution in [2.75, 3.05) is 6.54 Å². The van der Waals surface area contributed by atoms with Gasteiger partial charge in [-0.25, -0.2) is 4.98 Å².